The molecule has 0 saturated carbocycles. The van der Waals surface area contributed by atoms with E-state index in [0.29, 0.717) is 0 Å². The fourth-order valence-corrected chi connectivity index (χ4v) is 2.44. The molecular weight excluding hydrogens is 240 g/mol. The molecule has 0 saturated heterocycles. The van der Waals surface area contributed by atoms with Crippen molar-refractivity contribution in [2.24, 2.45) is 0 Å². The zero-order valence-electron chi connectivity index (χ0n) is 12.1. The summed E-state index contributed by atoms with van der Waals surface area (Å²) in [6, 6.07) is 6.59. The first-order chi connectivity index (χ1) is 8.25. The van der Waals surface area contributed by atoms with Gasteiger partial charge in [-0.3, -0.25) is 5.10 Å². The lowest BCUT2D eigenvalue weighted by Gasteiger charge is -2.23. The molecule has 1 aromatic carbocycles. The summed E-state index contributed by atoms with van der Waals surface area (Å²) >= 11 is 1.87. The van der Waals surface area contributed by atoms with E-state index in [1.807, 2.05) is 11.8 Å². The van der Waals surface area contributed by atoms with E-state index in [2.05, 4.69) is 69.3 Å². The van der Waals surface area contributed by atoms with Gasteiger partial charge in [0.15, 0.2) is 0 Å². The van der Waals surface area contributed by atoms with Gasteiger partial charge in [0.05, 0.1) is 5.52 Å². The van der Waals surface area contributed by atoms with E-state index in [4.69, 9.17) is 0 Å². The van der Waals surface area contributed by atoms with Crippen LogP contribution >= 0.6 is 11.8 Å². The largest absolute Gasteiger partial charge is 0.281 e. The second kappa shape index (κ2) is 4.30. The predicted molar refractivity (Wildman–Crippen MR) is 81.3 cm³/mol. The Bertz CT molecular complexity index is 561. The zero-order chi connectivity index (χ0) is 13.6. The third-order valence-electron chi connectivity index (χ3n) is 3.51. The molecule has 18 heavy (non-hydrogen) atoms. The van der Waals surface area contributed by atoms with Crippen LogP contribution in [0.15, 0.2) is 18.2 Å². The van der Waals surface area contributed by atoms with E-state index >= 15 is 0 Å². The topological polar surface area (TPSA) is 28.7 Å². The van der Waals surface area contributed by atoms with Crippen molar-refractivity contribution in [3.8, 4) is 0 Å². The molecule has 0 atom stereocenters. The van der Waals surface area contributed by atoms with E-state index in [-0.39, 0.29) is 10.2 Å². The Kier molecular flexibility index (Phi) is 3.22. The smallest absolute Gasteiger partial charge is 0.0924 e. The first-order valence-corrected chi connectivity index (χ1v) is 7.52. The second-order valence-electron chi connectivity index (χ2n) is 6.29. The minimum atomic E-state index is 0.0941. The van der Waals surface area contributed by atoms with Gasteiger partial charge in [0, 0.05) is 21.2 Å². The first kappa shape index (κ1) is 13.5. The molecule has 1 heterocycles. The average molecular weight is 262 g/mol. The van der Waals surface area contributed by atoms with Crippen molar-refractivity contribution >= 4 is 22.7 Å². The molecule has 3 heteroatoms. The van der Waals surface area contributed by atoms with E-state index in [9.17, 15) is 0 Å². The predicted octanol–water partition coefficient (Wildman–Crippen LogP) is 4.46. The Morgan fingerprint density at radius 1 is 1.11 bits per heavy atom. The third kappa shape index (κ3) is 2.28. The average Bonchev–Trinajstić information content (AvgIpc) is 2.71. The summed E-state index contributed by atoms with van der Waals surface area (Å²) in [5.74, 6) is 0. The monoisotopic (exact) mass is 262 g/mol. The van der Waals surface area contributed by atoms with E-state index < -0.39 is 0 Å². The molecular formula is C15H22N2S. The molecule has 2 rings (SSSR count). The van der Waals surface area contributed by atoms with E-state index in [1.165, 1.54) is 16.6 Å². The van der Waals surface area contributed by atoms with Crippen LogP contribution in [0.3, 0.4) is 0 Å². The van der Waals surface area contributed by atoms with Gasteiger partial charge in [0.2, 0.25) is 0 Å². The van der Waals surface area contributed by atoms with Crippen molar-refractivity contribution in [2.45, 2.75) is 44.8 Å². The highest BCUT2D eigenvalue weighted by Crippen LogP contribution is 2.36. The highest BCUT2D eigenvalue weighted by Gasteiger charge is 2.23. The standard InChI is InChI=1S/C15H22N2S/c1-14(2,3)13-11-9-10(15(4,5)18-6)7-8-12(11)16-17-13/h7-9H,1-6H3,(H,16,17). The summed E-state index contributed by atoms with van der Waals surface area (Å²) in [6.07, 6.45) is 2.16. The molecule has 0 bridgehead atoms. The van der Waals surface area contributed by atoms with Crippen molar-refractivity contribution < 1.29 is 0 Å². The lowest BCUT2D eigenvalue weighted by atomic mass is 9.89. The van der Waals surface area contributed by atoms with Crippen LogP contribution in [0.5, 0.6) is 0 Å². The Labute approximate surface area is 114 Å². The molecule has 0 aliphatic rings. The molecule has 2 aromatic rings. The molecule has 0 aliphatic heterocycles. The van der Waals surface area contributed by atoms with E-state index in [0.717, 1.165) is 5.52 Å². The SMILES string of the molecule is CSC(C)(C)c1ccc2n[nH]c(C(C)(C)C)c2c1. The summed E-state index contributed by atoms with van der Waals surface area (Å²) in [5.41, 5.74) is 3.72. The van der Waals surface area contributed by atoms with Gasteiger partial charge in [-0.2, -0.15) is 16.9 Å². The van der Waals surface area contributed by atoms with Crippen molar-refractivity contribution in [3.63, 3.8) is 0 Å². The molecule has 2 nitrogen and oxygen atoms in total. The normalized spacial score (nSPS) is 13.2. The van der Waals surface area contributed by atoms with Gasteiger partial charge in [-0.05, 0) is 37.8 Å². The molecule has 1 N–H and O–H groups in total. The molecule has 0 fully saturated rings. The molecule has 0 radical (unpaired) electrons. The molecule has 98 valence electrons. The van der Waals surface area contributed by atoms with Crippen LogP contribution in [0.4, 0.5) is 0 Å². The van der Waals surface area contributed by atoms with Crippen molar-refractivity contribution in [1.82, 2.24) is 10.2 Å². The van der Waals surface area contributed by atoms with Crippen LogP contribution in [-0.2, 0) is 10.2 Å². The number of rotatable bonds is 2. The fourth-order valence-electron chi connectivity index (χ4n) is 2.07. The lowest BCUT2D eigenvalue weighted by molar-refractivity contribution is 0.571. The first-order valence-electron chi connectivity index (χ1n) is 6.30. The van der Waals surface area contributed by atoms with Crippen LogP contribution in [0.1, 0.15) is 45.9 Å². The van der Waals surface area contributed by atoms with Gasteiger partial charge in [-0.25, -0.2) is 0 Å². The van der Waals surface area contributed by atoms with Crippen LogP contribution in [0.2, 0.25) is 0 Å². The maximum atomic E-state index is 4.40. The minimum absolute atomic E-state index is 0.0941. The zero-order valence-corrected chi connectivity index (χ0v) is 12.9. The van der Waals surface area contributed by atoms with Crippen LogP contribution in [0.25, 0.3) is 10.9 Å². The molecule has 0 unspecified atom stereocenters. The summed E-state index contributed by atoms with van der Waals surface area (Å²) in [4.78, 5) is 0. The maximum absolute atomic E-state index is 4.40. The summed E-state index contributed by atoms with van der Waals surface area (Å²) in [7, 11) is 0. The summed E-state index contributed by atoms with van der Waals surface area (Å²) < 4.78 is 0.139. The van der Waals surface area contributed by atoms with Crippen molar-refractivity contribution in [1.29, 1.82) is 0 Å². The maximum Gasteiger partial charge on any atom is 0.0924 e. The molecule has 0 amide bonds. The number of nitrogens with one attached hydrogen (secondary N) is 1. The van der Waals surface area contributed by atoms with Crippen LogP contribution < -0.4 is 0 Å². The second-order valence-corrected chi connectivity index (χ2v) is 7.72. The van der Waals surface area contributed by atoms with Gasteiger partial charge in [-0.1, -0.05) is 26.8 Å². The number of nitrogens with zero attached hydrogens (tertiary/aromatic N) is 1. The lowest BCUT2D eigenvalue weighted by Crippen LogP contribution is -2.13. The number of hydrogen-bond donors (Lipinski definition) is 1. The van der Waals surface area contributed by atoms with E-state index in [1.54, 1.807) is 0 Å². The number of H-pyrrole nitrogens is 1. The number of hydrogen-bond acceptors (Lipinski definition) is 2. The molecule has 1 aromatic heterocycles. The minimum Gasteiger partial charge on any atom is -0.281 e. The number of aromatic nitrogens is 2. The number of thioether (sulfide) groups is 1. The quantitative estimate of drug-likeness (QED) is 0.865. The Morgan fingerprint density at radius 2 is 1.78 bits per heavy atom. The molecule has 0 aliphatic carbocycles. The highest BCUT2D eigenvalue weighted by atomic mass is 32.2. The van der Waals surface area contributed by atoms with Gasteiger partial charge in [0.1, 0.15) is 0 Å². The van der Waals surface area contributed by atoms with Gasteiger partial charge >= 0.3 is 0 Å². The summed E-state index contributed by atoms with van der Waals surface area (Å²) in [5, 5.41) is 8.85. The highest BCUT2D eigenvalue weighted by molar-refractivity contribution is 7.99. The number of aromatic amines is 1. The molecule has 0 spiro atoms. The van der Waals surface area contributed by atoms with Gasteiger partial charge in [-0.15, -0.1) is 0 Å². The summed E-state index contributed by atoms with van der Waals surface area (Å²) in [6.45, 7) is 11.2. The Hall–Kier alpha value is -0.960. The van der Waals surface area contributed by atoms with Crippen LogP contribution in [-0.4, -0.2) is 16.5 Å². The van der Waals surface area contributed by atoms with Crippen LogP contribution in [0, 0.1) is 0 Å². The third-order valence-corrected chi connectivity index (χ3v) is 4.77. The van der Waals surface area contributed by atoms with Gasteiger partial charge in [0.25, 0.3) is 0 Å². The van der Waals surface area contributed by atoms with Crippen molar-refractivity contribution in [3.05, 3.63) is 29.5 Å². The Balaban J connectivity index is 2.63. The number of fused-ring (bicyclic) bond motifs is 1. The van der Waals surface area contributed by atoms with Crippen molar-refractivity contribution in [2.75, 3.05) is 6.26 Å². The Morgan fingerprint density at radius 3 is 2.33 bits per heavy atom. The van der Waals surface area contributed by atoms with Gasteiger partial charge < -0.3 is 0 Å². The fraction of sp³-hybridized carbons (Fsp3) is 0.533. The number of benzene rings is 1.